The topological polar surface area (TPSA) is 128 Å². The summed E-state index contributed by atoms with van der Waals surface area (Å²) in [7, 11) is 4.97. The summed E-state index contributed by atoms with van der Waals surface area (Å²) in [5.74, 6) is -0.147. The predicted molar refractivity (Wildman–Crippen MR) is 224 cm³/mol. The van der Waals surface area contributed by atoms with Crippen LogP contribution in [0.15, 0.2) is 61.1 Å². The molecule has 2 aromatic carbocycles. The van der Waals surface area contributed by atoms with Crippen LogP contribution in [-0.4, -0.2) is 115 Å². The zero-order valence-corrected chi connectivity index (χ0v) is 36.3. The van der Waals surface area contributed by atoms with Crippen LogP contribution in [0.3, 0.4) is 0 Å². The van der Waals surface area contributed by atoms with Gasteiger partial charge >= 0.3 is 0 Å². The summed E-state index contributed by atoms with van der Waals surface area (Å²) in [6.45, 7) is 22.5. The quantitative estimate of drug-likeness (QED) is 0.0776. The molecule has 8 atom stereocenters. The molecular formula is C45H72O11. The lowest BCUT2D eigenvalue weighted by Gasteiger charge is -2.17. The smallest absolute Gasteiger partial charge is 0.127 e. The summed E-state index contributed by atoms with van der Waals surface area (Å²) >= 11 is 0. The number of aliphatic hydroxyl groups excluding tert-OH is 1. The van der Waals surface area contributed by atoms with Gasteiger partial charge in [0.25, 0.3) is 0 Å². The molecule has 0 aromatic heterocycles. The largest absolute Gasteiger partial charge is 0.496 e. The van der Waals surface area contributed by atoms with Gasteiger partial charge in [0.15, 0.2) is 0 Å². The van der Waals surface area contributed by atoms with Crippen molar-refractivity contribution in [2.75, 3.05) is 61.0 Å². The van der Waals surface area contributed by atoms with Gasteiger partial charge < -0.3 is 52.6 Å². The SMILES string of the molecule is CC(C=O)c1ccc(C(C)C=O)cc1.COCC(C)OCC(C)O.COCC(C)OCC(C)OC=C(C)c1ccc(C(C)=COC(C)COC(C)COC)cc1. The summed E-state index contributed by atoms with van der Waals surface area (Å²) < 4.78 is 43.1. The van der Waals surface area contributed by atoms with Gasteiger partial charge in [0.05, 0.1) is 76.6 Å². The summed E-state index contributed by atoms with van der Waals surface area (Å²) in [4.78, 5) is 21.0. The molecule has 11 nitrogen and oxygen atoms in total. The van der Waals surface area contributed by atoms with E-state index in [0.29, 0.717) is 39.6 Å². The number of hydrogen-bond donors (Lipinski definition) is 1. The van der Waals surface area contributed by atoms with Gasteiger partial charge in [-0.15, -0.1) is 0 Å². The fourth-order valence-corrected chi connectivity index (χ4v) is 4.66. The van der Waals surface area contributed by atoms with Crippen LogP contribution < -0.4 is 0 Å². The maximum atomic E-state index is 10.5. The minimum Gasteiger partial charge on any atom is -0.496 e. The monoisotopic (exact) mass is 789 g/mol. The Kier molecular flexibility index (Phi) is 29.7. The molecule has 2 rings (SSSR count). The standard InChI is InChI=1S/C26H42O6.C12H14O2.C7H16O3/c1-19(13-29-23(5)17-31-21(3)15-27-7)25-9-11-26(12-10-25)20(2)14-30-24(6)18-32-22(4)16-28-8;1-9(7-13)11-3-5-12(6-4-11)10(2)8-14;1-6(8)4-10-7(2)5-9-3/h9-14,21-24H,15-18H2,1-8H3;3-10H,1-2H3;6-8H,4-5H2,1-3H3. The van der Waals surface area contributed by atoms with Crippen molar-refractivity contribution in [3.05, 3.63) is 83.3 Å². The second-order valence-corrected chi connectivity index (χ2v) is 14.2. The van der Waals surface area contributed by atoms with E-state index in [1.807, 2.05) is 86.6 Å². The number of carbonyl (C=O) groups is 2. The highest BCUT2D eigenvalue weighted by atomic mass is 16.6. The van der Waals surface area contributed by atoms with E-state index < -0.39 is 0 Å². The molecule has 0 saturated carbocycles. The Hall–Kier alpha value is -3.42. The summed E-state index contributed by atoms with van der Waals surface area (Å²) in [6, 6.07) is 15.9. The van der Waals surface area contributed by atoms with E-state index in [4.69, 9.17) is 43.0 Å². The van der Waals surface area contributed by atoms with E-state index in [2.05, 4.69) is 24.3 Å². The Morgan fingerprint density at radius 2 is 0.804 bits per heavy atom. The number of aldehydes is 2. The molecule has 0 radical (unpaired) electrons. The maximum absolute atomic E-state index is 10.5. The Balaban J connectivity index is 0.00000102. The number of carbonyl (C=O) groups excluding carboxylic acids is 2. The number of methoxy groups -OCH3 is 3. The van der Waals surface area contributed by atoms with Crippen molar-refractivity contribution in [1.29, 1.82) is 0 Å². The molecular weight excluding hydrogens is 716 g/mol. The van der Waals surface area contributed by atoms with Crippen LogP contribution in [0.5, 0.6) is 0 Å². The van der Waals surface area contributed by atoms with E-state index in [1.165, 1.54) is 0 Å². The molecule has 0 amide bonds. The average Bonchev–Trinajstić information content (AvgIpc) is 3.19. The fraction of sp³-hybridized carbons (Fsp3) is 0.600. The van der Waals surface area contributed by atoms with Gasteiger partial charge in [-0.25, -0.2) is 0 Å². The molecule has 0 aliphatic carbocycles. The van der Waals surface area contributed by atoms with Gasteiger partial charge in [-0.3, -0.25) is 0 Å². The third-order valence-corrected chi connectivity index (χ3v) is 8.20. The first-order valence-corrected chi connectivity index (χ1v) is 19.4. The Morgan fingerprint density at radius 1 is 0.500 bits per heavy atom. The first-order valence-electron chi connectivity index (χ1n) is 19.4. The Bertz CT molecular complexity index is 1250. The molecule has 8 unspecified atom stereocenters. The molecule has 0 bridgehead atoms. The van der Waals surface area contributed by atoms with Gasteiger partial charge in [-0.1, -0.05) is 62.4 Å². The minimum atomic E-state index is -0.390. The number of ether oxygens (including phenoxy) is 8. The van der Waals surface area contributed by atoms with Crippen molar-refractivity contribution in [3.63, 3.8) is 0 Å². The molecule has 0 aliphatic rings. The van der Waals surface area contributed by atoms with Crippen LogP contribution in [0.4, 0.5) is 0 Å². The van der Waals surface area contributed by atoms with E-state index in [0.717, 1.165) is 46.0 Å². The lowest BCUT2D eigenvalue weighted by atomic mass is 9.97. The first-order chi connectivity index (χ1) is 26.6. The van der Waals surface area contributed by atoms with Crippen molar-refractivity contribution >= 4 is 23.7 Å². The molecule has 11 heteroatoms. The molecule has 0 spiro atoms. The summed E-state index contributed by atoms with van der Waals surface area (Å²) in [5, 5.41) is 8.80. The number of rotatable bonds is 25. The number of hydrogen-bond acceptors (Lipinski definition) is 11. The third-order valence-electron chi connectivity index (χ3n) is 8.20. The second-order valence-electron chi connectivity index (χ2n) is 14.2. The van der Waals surface area contributed by atoms with E-state index >= 15 is 0 Å². The molecule has 2 aromatic rings. The van der Waals surface area contributed by atoms with E-state index in [-0.39, 0.29) is 48.5 Å². The average molecular weight is 789 g/mol. The van der Waals surface area contributed by atoms with Crippen molar-refractivity contribution < 1.29 is 52.6 Å². The maximum Gasteiger partial charge on any atom is 0.127 e. The first kappa shape index (κ1) is 52.6. The molecule has 56 heavy (non-hydrogen) atoms. The number of benzene rings is 2. The lowest BCUT2D eigenvalue weighted by Crippen LogP contribution is -2.21. The van der Waals surface area contributed by atoms with Crippen molar-refractivity contribution in [2.45, 2.75) is 118 Å². The van der Waals surface area contributed by atoms with E-state index in [9.17, 15) is 9.59 Å². The normalized spacial score (nSPS) is 16.0. The Morgan fingerprint density at radius 3 is 1.07 bits per heavy atom. The van der Waals surface area contributed by atoms with Crippen molar-refractivity contribution in [3.8, 4) is 0 Å². The predicted octanol–water partition coefficient (Wildman–Crippen LogP) is 8.03. The van der Waals surface area contributed by atoms with Crippen molar-refractivity contribution in [2.24, 2.45) is 0 Å². The van der Waals surface area contributed by atoms with Crippen LogP contribution >= 0.6 is 0 Å². The van der Waals surface area contributed by atoms with Crippen LogP contribution in [0, 0.1) is 0 Å². The molecule has 1 N–H and O–H groups in total. The van der Waals surface area contributed by atoms with Gasteiger partial charge in [0.1, 0.15) is 24.8 Å². The van der Waals surface area contributed by atoms with Crippen LogP contribution in [0.25, 0.3) is 11.1 Å². The highest BCUT2D eigenvalue weighted by Crippen LogP contribution is 2.20. The lowest BCUT2D eigenvalue weighted by molar-refractivity contribution is -0.109. The fourth-order valence-electron chi connectivity index (χ4n) is 4.66. The zero-order chi connectivity index (χ0) is 42.5. The highest BCUT2D eigenvalue weighted by molar-refractivity contribution is 5.68. The summed E-state index contributed by atoms with van der Waals surface area (Å²) in [5.41, 5.74) is 6.31. The molecule has 0 saturated heterocycles. The number of allylic oxidation sites excluding steroid dienone is 2. The van der Waals surface area contributed by atoms with Crippen LogP contribution in [0.2, 0.25) is 0 Å². The summed E-state index contributed by atoms with van der Waals surface area (Å²) in [6.07, 6.45) is 5.14. The molecule has 0 fully saturated rings. The van der Waals surface area contributed by atoms with Crippen LogP contribution in [-0.2, 0) is 47.5 Å². The minimum absolute atomic E-state index is 0.0330. The Labute approximate surface area is 337 Å². The molecule has 0 heterocycles. The zero-order valence-electron chi connectivity index (χ0n) is 36.3. The highest BCUT2D eigenvalue weighted by Gasteiger charge is 2.10. The van der Waals surface area contributed by atoms with Crippen molar-refractivity contribution in [1.82, 2.24) is 0 Å². The molecule has 0 aliphatic heterocycles. The third kappa shape index (κ3) is 25.0. The van der Waals surface area contributed by atoms with Gasteiger partial charge in [-0.05, 0) is 88.8 Å². The van der Waals surface area contributed by atoms with Gasteiger partial charge in [0.2, 0.25) is 0 Å². The number of aliphatic hydroxyl groups is 1. The second kappa shape index (κ2) is 31.6. The van der Waals surface area contributed by atoms with Gasteiger partial charge in [-0.2, -0.15) is 0 Å². The van der Waals surface area contributed by atoms with Crippen LogP contribution in [0.1, 0.15) is 103 Å². The van der Waals surface area contributed by atoms with E-state index in [1.54, 1.807) is 40.8 Å². The van der Waals surface area contributed by atoms with Gasteiger partial charge in [0, 0.05) is 33.2 Å². The molecule has 318 valence electrons.